The van der Waals surface area contributed by atoms with Gasteiger partial charge >= 0.3 is 12.0 Å². The van der Waals surface area contributed by atoms with Crippen LogP contribution in [-0.4, -0.2) is 49.7 Å². The summed E-state index contributed by atoms with van der Waals surface area (Å²) in [5.74, 6) is 1.77. The quantitative estimate of drug-likeness (QED) is 0.653. The number of ether oxygens (including phenoxy) is 1. The van der Waals surface area contributed by atoms with Gasteiger partial charge in [-0.25, -0.2) is 9.59 Å². The van der Waals surface area contributed by atoms with Gasteiger partial charge in [-0.05, 0) is 24.6 Å². The second-order valence-corrected chi connectivity index (χ2v) is 7.90. The summed E-state index contributed by atoms with van der Waals surface area (Å²) >= 11 is 7.91. The summed E-state index contributed by atoms with van der Waals surface area (Å²) in [4.78, 5) is 26.3. The van der Waals surface area contributed by atoms with Crippen LogP contribution in [0.4, 0.5) is 4.79 Å². The van der Waals surface area contributed by atoms with Gasteiger partial charge in [0, 0.05) is 16.5 Å². The van der Waals surface area contributed by atoms with Crippen LogP contribution in [0.2, 0.25) is 5.02 Å². The molecule has 26 heavy (non-hydrogen) atoms. The number of thioether (sulfide) groups is 1. The number of amides is 2. The first-order chi connectivity index (χ1) is 12.6. The number of esters is 1. The lowest BCUT2D eigenvalue weighted by molar-refractivity contribution is -0.891. The number of carbonyl (C=O) groups excluding carboxylic acids is 2. The molecule has 0 aromatic heterocycles. The predicted molar refractivity (Wildman–Crippen MR) is 102 cm³/mol. The van der Waals surface area contributed by atoms with Crippen molar-refractivity contribution in [1.82, 2.24) is 10.6 Å². The lowest BCUT2D eigenvalue weighted by Crippen LogP contribution is -3.14. The van der Waals surface area contributed by atoms with E-state index in [4.69, 9.17) is 16.3 Å². The fraction of sp³-hybridized carbons (Fsp3) is 0.444. The van der Waals surface area contributed by atoms with Gasteiger partial charge in [0.25, 0.3) is 0 Å². The summed E-state index contributed by atoms with van der Waals surface area (Å²) in [5.41, 5.74) is 1.92. The van der Waals surface area contributed by atoms with Gasteiger partial charge in [-0.2, -0.15) is 11.8 Å². The summed E-state index contributed by atoms with van der Waals surface area (Å²) in [5, 5.41) is 6.29. The van der Waals surface area contributed by atoms with Gasteiger partial charge in [0.05, 0.1) is 37.0 Å². The summed E-state index contributed by atoms with van der Waals surface area (Å²) in [7, 11) is 0. The molecular weight excluding hydrogens is 374 g/mol. The van der Waals surface area contributed by atoms with Crippen molar-refractivity contribution in [3.8, 4) is 0 Å². The maximum atomic E-state index is 12.7. The molecule has 0 saturated carbocycles. The number of rotatable bonds is 5. The normalized spacial score (nSPS) is 21.2. The highest BCUT2D eigenvalue weighted by Crippen LogP contribution is 2.28. The minimum absolute atomic E-state index is 0.282. The Balaban J connectivity index is 1.96. The number of benzene rings is 1. The SMILES string of the molecule is CCOC(=O)C1=C(C[NH+]2CCSCC2)NC(=O)N[C@@H]1c1ccc(Cl)cc1. The largest absolute Gasteiger partial charge is 0.463 e. The van der Waals surface area contributed by atoms with Crippen LogP contribution < -0.4 is 15.5 Å². The van der Waals surface area contributed by atoms with Crippen LogP contribution >= 0.6 is 23.4 Å². The highest BCUT2D eigenvalue weighted by Gasteiger charge is 2.35. The average Bonchev–Trinajstić information content (AvgIpc) is 2.63. The monoisotopic (exact) mass is 396 g/mol. The average molecular weight is 397 g/mol. The molecule has 2 amide bonds. The summed E-state index contributed by atoms with van der Waals surface area (Å²) in [6.07, 6.45) is 0. The van der Waals surface area contributed by atoms with Crippen molar-refractivity contribution < 1.29 is 19.2 Å². The van der Waals surface area contributed by atoms with Crippen LogP contribution in [0.3, 0.4) is 0 Å². The molecular formula is C18H23ClN3O3S+. The third-order valence-corrected chi connectivity index (χ3v) is 5.72. The van der Waals surface area contributed by atoms with E-state index < -0.39 is 12.0 Å². The second-order valence-electron chi connectivity index (χ2n) is 6.23. The lowest BCUT2D eigenvalue weighted by Gasteiger charge is -2.31. The number of nitrogens with one attached hydrogen (secondary N) is 3. The Hall–Kier alpha value is -1.70. The van der Waals surface area contributed by atoms with Crippen LogP contribution in [0.25, 0.3) is 0 Å². The molecule has 3 N–H and O–H groups in total. The molecule has 0 spiro atoms. The van der Waals surface area contributed by atoms with E-state index in [9.17, 15) is 9.59 Å². The number of quaternary nitrogens is 1. The van der Waals surface area contributed by atoms with Gasteiger partial charge in [-0.1, -0.05) is 23.7 Å². The van der Waals surface area contributed by atoms with E-state index >= 15 is 0 Å². The predicted octanol–water partition coefficient (Wildman–Crippen LogP) is 1.14. The van der Waals surface area contributed by atoms with Crippen molar-refractivity contribution in [2.75, 3.05) is 37.7 Å². The Morgan fingerprint density at radius 3 is 2.65 bits per heavy atom. The third kappa shape index (κ3) is 4.52. The van der Waals surface area contributed by atoms with Crippen LogP contribution in [0.15, 0.2) is 35.5 Å². The molecule has 1 aromatic rings. The summed E-state index contributed by atoms with van der Waals surface area (Å²) < 4.78 is 5.28. The molecule has 0 unspecified atom stereocenters. The van der Waals surface area contributed by atoms with Crippen molar-refractivity contribution in [2.45, 2.75) is 13.0 Å². The Morgan fingerprint density at radius 2 is 2.00 bits per heavy atom. The van der Waals surface area contributed by atoms with Crippen LogP contribution in [0.1, 0.15) is 18.5 Å². The zero-order chi connectivity index (χ0) is 18.5. The van der Waals surface area contributed by atoms with Gasteiger partial charge in [0.15, 0.2) is 0 Å². The first kappa shape index (κ1) is 19.1. The molecule has 1 saturated heterocycles. The molecule has 1 aromatic carbocycles. The molecule has 0 bridgehead atoms. The number of hydrogen-bond donors (Lipinski definition) is 3. The molecule has 2 heterocycles. The molecule has 3 rings (SSSR count). The van der Waals surface area contributed by atoms with Crippen LogP contribution in [-0.2, 0) is 9.53 Å². The van der Waals surface area contributed by atoms with E-state index in [-0.39, 0.29) is 12.6 Å². The minimum atomic E-state index is -0.548. The molecule has 2 aliphatic heterocycles. The van der Waals surface area contributed by atoms with Crippen LogP contribution in [0.5, 0.6) is 0 Å². The highest BCUT2D eigenvalue weighted by molar-refractivity contribution is 7.99. The number of carbonyl (C=O) groups is 2. The molecule has 6 nitrogen and oxygen atoms in total. The molecule has 8 heteroatoms. The maximum Gasteiger partial charge on any atom is 0.338 e. The Labute approximate surface area is 162 Å². The Kier molecular flexibility index (Phi) is 6.45. The first-order valence-corrected chi connectivity index (χ1v) is 10.3. The summed E-state index contributed by atoms with van der Waals surface area (Å²) in [6.45, 7) is 4.69. The molecule has 1 atom stereocenters. The van der Waals surface area contributed by atoms with Crippen molar-refractivity contribution in [3.05, 3.63) is 46.1 Å². The first-order valence-electron chi connectivity index (χ1n) is 8.73. The topological polar surface area (TPSA) is 71.9 Å². The van der Waals surface area contributed by atoms with Crippen molar-refractivity contribution >= 4 is 35.4 Å². The molecule has 0 aliphatic carbocycles. The number of urea groups is 1. The van der Waals surface area contributed by atoms with E-state index in [0.717, 1.165) is 30.2 Å². The van der Waals surface area contributed by atoms with Gasteiger partial charge in [-0.3, -0.25) is 0 Å². The van der Waals surface area contributed by atoms with Gasteiger partial charge in [0.1, 0.15) is 6.54 Å². The third-order valence-electron chi connectivity index (χ3n) is 4.48. The standard InChI is InChI=1S/C18H22ClN3O3S/c1-2-25-17(23)15-14(11-22-7-9-26-10-8-22)20-18(24)21-16(15)12-3-5-13(19)6-4-12/h3-6,16H,2,7-11H2,1H3,(H2,20,21,24)/p+1/t16-/m1/s1. The summed E-state index contributed by atoms with van der Waals surface area (Å²) in [6, 6.07) is 6.29. The van der Waals surface area contributed by atoms with E-state index in [0.29, 0.717) is 22.8 Å². The minimum Gasteiger partial charge on any atom is -0.463 e. The van der Waals surface area contributed by atoms with E-state index in [1.54, 1.807) is 19.1 Å². The van der Waals surface area contributed by atoms with E-state index in [2.05, 4.69) is 10.6 Å². The van der Waals surface area contributed by atoms with Gasteiger partial charge < -0.3 is 20.3 Å². The van der Waals surface area contributed by atoms with E-state index in [1.165, 1.54) is 4.90 Å². The molecule has 2 aliphatic rings. The smallest absolute Gasteiger partial charge is 0.338 e. The zero-order valence-electron chi connectivity index (χ0n) is 14.6. The molecule has 1 fully saturated rings. The van der Waals surface area contributed by atoms with Crippen LogP contribution in [0, 0.1) is 0 Å². The Morgan fingerprint density at radius 1 is 1.31 bits per heavy atom. The van der Waals surface area contributed by atoms with Gasteiger partial charge in [-0.15, -0.1) is 0 Å². The number of halogens is 1. The van der Waals surface area contributed by atoms with Crippen molar-refractivity contribution in [3.63, 3.8) is 0 Å². The molecule has 140 valence electrons. The maximum absolute atomic E-state index is 12.7. The zero-order valence-corrected chi connectivity index (χ0v) is 16.2. The fourth-order valence-corrected chi connectivity index (χ4v) is 4.40. The fourth-order valence-electron chi connectivity index (χ4n) is 3.20. The lowest BCUT2D eigenvalue weighted by atomic mass is 9.95. The van der Waals surface area contributed by atoms with Crippen molar-refractivity contribution in [1.29, 1.82) is 0 Å². The molecule has 0 radical (unpaired) electrons. The second kappa shape index (κ2) is 8.79. The number of hydrogen-bond acceptors (Lipinski definition) is 4. The van der Waals surface area contributed by atoms with Crippen molar-refractivity contribution in [2.24, 2.45) is 0 Å². The van der Waals surface area contributed by atoms with Gasteiger partial charge in [0.2, 0.25) is 0 Å². The van der Waals surface area contributed by atoms with E-state index in [1.807, 2.05) is 23.9 Å². The highest BCUT2D eigenvalue weighted by atomic mass is 35.5. The Bertz CT molecular complexity index is 702.